The van der Waals surface area contributed by atoms with Crippen molar-refractivity contribution < 1.29 is 41.8 Å². The van der Waals surface area contributed by atoms with Crippen LogP contribution in [0.5, 0.6) is 11.6 Å². The topological polar surface area (TPSA) is 182 Å². The number of aromatic nitrogens is 1. The molecule has 2 saturated heterocycles. The predicted molar refractivity (Wildman–Crippen MR) is 195 cm³/mol. The average molecular weight is 754 g/mol. The zero-order valence-corrected chi connectivity index (χ0v) is 31.2. The van der Waals surface area contributed by atoms with Gasteiger partial charge in [-0.1, -0.05) is 44.9 Å². The van der Waals surface area contributed by atoms with Gasteiger partial charge in [0.2, 0.25) is 27.7 Å². The molecule has 2 saturated carbocycles. The molecule has 15 heteroatoms. The fourth-order valence-corrected chi connectivity index (χ4v) is 9.59. The van der Waals surface area contributed by atoms with E-state index in [1.807, 2.05) is 18.2 Å². The summed E-state index contributed by atoms with van der Waals surface area (Å²) in [6, 6.07) is 3.88. The molecule has 288 valence electrons. The van der Waals surface area contributed by atoms with E-state index in [2.05, 4.69) is 20.3 Å². The van der Waals surface area contributed by atoms with Crippen molar-refractivity contribution in [3.05, 3.63) is 30.0 Å². The zero-order valence-electron chi connectivity index (χ0n) is 30.4. The molecule has 14 nitrogen and oxygen atoms in total. The van der Waals surface area contributed by atoms with E-state index in [-0.39, 0.29) is 25.5 Å². The third-order valence-electron chi connectivity index (χ3n) is 11.5. The lowest BCUT2D eigenvalue weighted by atomic mass is 10.0. The second-order valence-electron chi connectivity index (χ2n) is 15.4. The molecular weight excluding hydrogens is 703 g/mol. The Labute approximate surface area is 310 Å². The number of rotatable bonds is 4. The van der Waals surface area contributed by atoms with E-state index in [0.717, 1.165) is 73.5 Å². The number of carbonyl (C=O) groups excluding carboxylic acids is 4. The summed E-state index contributed by atoms with van der Waals surface area (Å²) in [6.07, 6.45) is 11.0. The predicted octanol–water partition coefficient (Wildman–Crippen LogP) is 4.03. The largest absolute Gasteiger partial charge is 0.496 e. The molecule has 4 fully saturated rings. The number of alkyl carbamates (subject to hydrolysis) is 1. The number of nitrogens with zero attached hydrogens (tertiary/aromatic N) is 2. The first kappa shape index (κ1) is 37.2. The number of fused-ring (bicyclic) bond motifs is 4. The number of cyclic esters (lactones) is 1. The maximum atomic E-state index is 14.5. The first-order valence-electron chi connectivity index (χ1n) is 19.3. The Morgan fingerprint density at radius 2 is 1.75 bits per heavy atom. The van der Waals surface area contributed by atoms with E-state index in [1.54, 1.807) is 13.3 Å². The Hall–Kier alpha value is -4.14. The quantitative estimate of drug-likeness (QED) is 0.412. The van der Waals surface area contributed by atoms with Gasteiger partial charge in [0.05, 0.1) is 25.5 Å². The van der Waals surface area contributed by atoms with Gasteiger partial charge in [-0.2, -0.15) is 0 Å². The molecule has 2 aliphatic carbocycles. The monoisotopic (exact) mass is 753 g/mol. The van der Waals surface area contributed by atoms with Crippen molar-refractivity contribution in [2.75, 3.05) is 20.3 Å². The molecule has 0 spiro atoms. The minimum absolute atomic E-state index is 0.0317. The lowest BCUT2D eigenvalue weighted by Gasteiger charge is -2.29. The number of pyridine rings is 1. The smallest absolute Gasteiger partial charge is 0.407 e. The van der Waals surface area contributed by atoms with Gasteiger partial charge in [0.25, 0.3) is 5.91 Å². The molecule has 5 atom stereocenters. The van der Waals surface area contributed by atoms with Crippen LogP contribution in [0, 0.1) is 5.92 Å². The first-order chi connectivity index (χ1) is 25.6. The number of ether oxygens (including phenoxy) is 3. The van der Waals surface area contributed by atoms with Gasteiger partial charge < -0.3 is 29.7 Å². The first-order valence-corrected chi connectivity index (χ1v) is 20.9. The van der Waals surface area contributed by atoms with Gasteiger partial charge in [0, 0.05) is 18.0 Å². The van der Waals surface area contributed by atoms with Crippen molar-refractivity contribution in [2.45, 2.75) is 132 Å². The molecule has 53 heavy (non-hydrogen) atoms. The van der Waals surface area contributed by atoms with Crippen LogP contribution in [-0.4, -0.2) is 91.4 Å². The number of carbonyl (C=O) groups is 4. The maximum absolute atomic E-state index is 14.5. The van der Waals surface area contributed by atoms with Crippen molar-refractivity contribution in [1.29, 1.82) is 0 Å². The summed E-state index contributed by atoms with van der Waals surface area (Å²) >= 11 is 0. The molecule has 3 aliphatic heterocycles. The van der Waals surface area contributed by atoms with Crippen molar-refractivity contribution >= 4 is 44.6 Å². The number of benzene rings is 1. The number of sulfonamides is 1. The molecule has 2 aromatic rings. The number of hydrogen-bond donors (Lipinski definition) is 3. The molecule has 1 aromatic carbocycles. The summed E-state index contributed by atoms with van der Waals surface area (Å²) in [5, 5.41) is 6.80. The van der Waals surface area contributed by atoms with Gasteiger partial charge in [0.1, 0.15) is 29.5 Å². The summed E-state index contributed by atoms with van der Waals surface area (Å²) < 4.78 is 45.7. The van der Waals surface area contributed by atoms with Crippen molar-refractivity contribution in [3.8, 4) is 11.6 Å². The van der Waals surface area contributed by atoms with E-state index in [9.17, 15) is 27.6 Å². The van der Waals surface area contributed by atoms with Crippen LogP contribution in [0.3, 0.4) is 0 Å². The van der Waals surface area contributed by atoms with Gasteiger partial charge in [-0.3, -0.25) is 19.1 Å². The van der Waals surface area contributed by atoms with E-state index in [4.69, 9.17) is 14.2 Å². The van der Waals surface area contributed by atoms with E-state index < -0.39 is 62.8 Å². The highest BCUT2D eigenvalue weighted by molar-refractivity contribution is 7.91. The lowest BCUT2D eigenvalue weighted by molar-refractivity contribution is -0.141. The highest BCUT2D eigenvalue weighted by Crippen LogP contribution is 2.48. The molecule has 0 radical (unpaired) electrons. The van der Waals surface area contributed by atoms with Crippen molar-refractivity contribution in [1.82, 2.24) is 25.2 Å². The van der Waals surface area contributed by atoms with Crippen LogP contribution in [0.4, 0.5) is 4.79 Å². The third-order valence-corrected chi connectivity index (χ3v) is 13.3. The summed E-state index contributed by atoms with van der Waals surface area (Å²) in [6.45, 7) is 0.247. The Kier molecular flexibility index (Phi) is 11.0. The van der Waals surface area contributed by atoms with Crippen molar-refractivity contribution in [2.24, 2.45) is 5.92 Å². The summed E-state index contributed by atoms with van der Waals surface area (Å²) in [5.41, 5.74) is -0.388. The molecule has 5 unspecified atom stereocenters. The maximum Gasteiger partial charge on any atom is 0.407 e. The van der Waals surface area contributed by atoms with Crippen LogP contribution in [0.1, 0.15) is 102 Å². The molecule has 3 N–H and O–H groups in total. The number of hydrogen-bond acceptors (Lipinski definition) is 10. The van der Waals surface area contributed by atoms with Gasteiger partial charge >= 0.3 is 6.09 Å². The standard InChI is InChI=1S/C38H51N5O9S/c1-50-32-20-24-16-17-39-34-29(24)19-25(32)11-7-5-6-10-18-51-37(47)40-30-13-9-4-2-3-8-12-26-22-38(26,36(46)42-53(48,49)28-14-15-28)41-33(44)31-21-27(52-34)23-43(31)35(30)45/h16-17,19-20,26-28,30-31H,2-15,18,21-23H2,1H3,(H,40,47)(H,41,44)(H,42,46). The lowest BCUT2D eigenvalue weighted by Crippen LogP contribution is -2.58. The Bertz CT molecular complexity index is 1840. The number of nitrogens with one attached hydrogen (secondary N) is 3. The average Bonchev–Trinajstić information content (AvgIpc) is 4.06. The van der Waals surface area contributed by atoms with Crippen LogP contribution in [0.2, 0.25) is 0 Å². The molecule has 1 aromatic heterocycles. The molecular formula is C38H51N5O9S. The van der Waals surface area contributed by atoms with Crippen LogP contribution >= 0.6 is 0 Å². The molecule has 5 bridgehead atoms. The van der Waals surface area contributed by atoms with Gasteiger partial charge in [-0.25, -0.2) is 18.2 Å². The van der Waals surface area contributed by atoms with Crippen molar-refractivity contribution in [3.63, 3.8) is 0 Å². The Morgan fingerprint density at radius 3 is 2.55 bits per heavy atom. The summed E-state index contributed by atoms with van der Waals surface area (Å²) in [4.78, 5) is 61.6. The molecule has 5 aliphatic rings. The fraction of sp³-hybridized carbons (Fsp3) is 0.658. The Morgan fingerprint density at radius 1 is 1.00 bits per heavy atom. The van der Waals surface area contributed by atoms with Crippen LogP contribution in [0.15, 0.2) is 24.4 Å². The normalized spacial score (nSPS) is 29.2. The number of amides is 4. The molecule has 4 heterocycles. The summed E-state index contributed by atoms with van der Waals surface area (Å²) in [7, 11) is -2.21. The minimum Gasteiger partial charge on any atom is -0.496 e. The fourth-order valence-electron chi connectivity index (χ4n) is 8.23. The second-order valence-corrected chi connectivity index (χ2v) is 17.3. The molecule has 7 rings (SSSR count). The second kappa shape index (κ2) is 15.7. The third kappa shape index (κ3) is 8.34. The van der Waals surface area contributed by atoms with E-state index in [1.165, 1.54) is 4.90 Å². The SMILES string of the molecule is COc1cc2ccnc3c2cc1CCCCCCOC(=O)NC1CCCCCCCC2CC2(C(=O)NS(=O)(=O)C2CC2)NC(=O)C2CC(CN2C1=O)O3. The van der Waals surface area contributed by atoms with Crippen LogP contribution in [-0.2, 0) is 35.6 Å². The van der Waals surface area contributed by atoms with Crippen LogP contribution < -0.4 is 24.8 Å². The van der Waals surface area contributed by atoms with E-state index >= 15 is 0 Å². The number of aryl methyl sites for hydroxylation is 1. The highest BCUT2D eigenvalue weighted by Gasteiger charge is 2.62. The van der Waals surface area contributed by atoms with E-state index in [0.29, 0.717) is 50.8 Å². The van der Waals surface area contributed by atoms with Gasteiger partial charge in [-0.15, -0.1) is 0 Å². The Balaban J connectivity index is 1.22. The van der Waals surface area contributed by atoms with Crippen LogP contribution in [0.25, 0.3) is 10.8 Å². The molecule has 4 amide bonds. The highest BCUT2D eigenvalue weighted by atomic mass is 32.2. The van der Waals surface area contributed by atoms with Gasteiger partial charge in [0.15, 0.2) is 0 Å². The summed E-state index contributed by atoms with van der Waals surface area (Å²) in [5.74, 6) is -0.834. The minimum atomic E-state index is -3.85. The van der Waals surface area contributed by atoms with Gasteiger partial charge in [-0.05, 0) is 86.4 Å². The number of methoxy groups -OCH3 is 1. The zero-order chi connectivity index (χ0) is 37.2.